The van der Waals surface area contributed by atoms with Crippen molar-refractivity contribution in [2.45, 2.75) is 46.8 Å². The second-order valence-electron chi connectivity index (χ2n) is 5.76. The number of furan rings is 1. The van der Waals surface area contributed by atoms with Gasteiger partial charge < -0.3 is 14.6 Å². The summed E-state index contributed by atoms with van der Waals surface area (Å²) in [6.07, 6.45) is 1.79. The molecule has 1 aromatic carbocycles. The number of rotatable bonds is 7. The molecule has 0 unspecified atom stereocenters. The Bertz CT molecular complexity index is 560. The minimum Gasteiger partial charge on any atom is -0.468 e. The van der Waals surface area contributed by atoms with Gasteiger partial charge in [0.05, 0.1) is 12.8 Å². The molecule has 0 saturated carbocycles. The van der Waals surface area contributed by atoms with Gasteiger partial charge in [-0.05, 0) is 37.6 Å². The lowest BCUT2D eigenvalue weighted by molar-refractivity contribution is 0.460. The van der Waals surface area contributed by atoms with Crippen LogP contribution in [-0.4, -0.2) is 12.6 Å². The van der Waals surface area contributed by atoms with Crippen molar-refractivity contribution in [3.05, 3.63) is 53.5 Å². The maximum Gasteiger partial charge on any atom is 0.122 e. The van der Waals surface area contributed by atoms with Crippen LogP contribution >= 0.6 is 0 Å². The van der Waals surface area contributed by atoms with Crippen LogP contribution in [0.25, 0.3) is 0 Å². The molecule has 2 aromatic rings. The van der Waals surface area contributed by atoms with Crippen LogP contribution in [0.4, 0.5) is 5.69 Å². The van der Waals surface area contributed by atoms with Gasteiger partial charge in [-0.15, -0.1) is 0 Å². The lowest BCUT2D eigenvalue weighted by Gasteiger charge is -2.23. The molecule has 0 amide bonds. The lowest BCUT2D eigenvalue weighted by Crippen LogP contribution is -2.25. The summed E-state index contributed by atoms with van der Waals surface area (Å²) in [5.74, 6) is 1.04. The van der Waals surface area contributed by atoms with E-state index in [1.54, 1.807) is 6.26 Å². The van der Waals surface area contributed by atoms with Gasteiger partial charge in [-0.2, -0.15) is 0 Å². The molecular weight excluding hydrogens is 260 g/mol. The van der Waals surface area contributed by atoms with E-state index in [-0.39, 0.29) is 0 Å². The fourth-order valence-electron chi connectivity index (χ4n) is 2.38. The Morgan fingerprint density at radius 2 is 2.05 bits per heavy atom. The van der Waals surface area contributed by atoms with Gasteiger partial charge in [0.2, 0.25) is 0 Å². The van der Waals surface area contributed by atoms with Crippen molar-refractivity contribution in [3.63, 3.8) is 0 Å². The number of nitrogens with one attached hydrogen (secondary N) is 1. The predicted molar refractivity (Wildman–Crippen MR) is 88.6 cm³/mol. The van der Waals surface area contributed by atoms with E-state index in [1.807, 2.05) is 0 Å². The first-order chi connectivity index (χ1) is 10.1. The van der Waals surface area contributed by atoms with Crippen LogP contribution in [0.15, 0.2) is 41.0 Å². The van der Waals surface area contributed by atoms with E-state index in [2.05, 4.69) is 68.2 Å². The molecule has 3 nitrogen and oxygen atoms in total. The highest BCUT2D eigenvalue weighted by Gasteiger charge is 2.11. The summed E-state index contributed by atoms with van der Waals surface area (Å²) in [6.45, 7) is 11.3. The van der Waals surface area contributed by atoms with Gasteiger partial charge in [-0.3, -0.25) is 0 Å². The molecule has 0 atom stereocenters. The van der Waals surface area contributed by atoms with Crippen molar-refractivity contribution in [2.75, 3.05) is 11.4 Å². The van der Waals surface area contributed by atoms with Gasteiger partial charge in [-0.1, -0.05) is 26.0 Å². The monoisotopic (exact) mass is 286 g/mol. The Morgan fingerprint density at radius 1 is 1.24 bits per heavy atom. The fraction of sp³-hybridized carbons (Fsp3) is 0.444. The molecule has 0 saturated heterocycles. The Kier molecular flexibility index (Phi) is 5.45. The van der Waals surface area contributed by atoms with Crippen molar-refractivity contribution >= 4 is 5.69 Å². The zero-order valence-electron chi connectivity index (χ0n) is 13.5. The first-order valence-electron chi connectivity index (χ1n) is 7.70. The molecule has 1 N–H and O–H groups in total. The largest absolute Gasteiger partial charge is 0.468 e. The van der Waals surface area contributed by atoms with E-state index in [9.17, 15) is 0 Å². The maximum atomic E-state index is 5.63. The van der Waals surface area contributed by atoms with E-state index in [0.29, 0.717) is 6.04 Å². The molecule has 0 radical (unpaired) electrons. The standard InChI is InChI=1S/C18H26N2O/c1-5-20(17-8-6-7-15(4)11-17)13-16-9-10-21-18(16)12-19-14(2)3/h6-11,14,19H,5,12-13H2,1-4H3. The van der Waals surface area contributed by atoms with Gasteiger partial charge in [-0.25, -0.2) is 0 Å². The summed E-state index contributed by atoms with van der Waals surface area (Å²) in [5, 5.41) is 3.42. The first-order valence-corrected chi connectivity index (χ1v) is 7.70. The minimum absolute atomic E-state index is 0.460. The van der Waals surface area contributed by atoms with E-state index in [1.165, 1.54) is 16.8 Å². The van der Waals surface area contributed by atoms with Crippen LogP contribution in [-0.2, 0) is 13.1 Å². The number of aryl methyl sites for hydroxylation is 1. The molecular formula is C18H26N2O. The third kappa shape index (κ3) is 4.36. The van der Waals surface area contributed by atoms with Crippen molar-refractivity contribution < 1.29 is 4.42 Å². The van der Waals surface area contributed by atoms with Crippen LogP contribution in [0.2, 0.25) is 0 Å². The number of benzene rings is 1. The fourth-order valence-corrected chi connectivity index (χ4v) is 2.38. The molecule has 0 bridgehead atoms. The normalized spacial score (nSPS) is 11.1. The highest BCUT2D eigenvalue weighted by Crippen LogP contribution is 2.20. The number of nitrogens with zero attached hydrogens (tertiary/aromatic N) is 1. The topological polar surface area (TPSA) is 28.4 Å². The summed E-state index contributed by atoms with van der Waals surface area (Å²) in [7, 11) is 0. The Morgan fingerprint density at radius 3 is 2.71 bits per heavy atom. The molecule has 0 aliphatic rings. The molecule has 2 rings (SSSR count). The van der Waals surface area contributed by atoms with Crippen molar-refractivity contribution in [3.8, 4) is 0 Å². The molecule has 21 heavy (non-hydrogen) atoms. The van der Waals surface area contributed by atoms with Crippen LogP contribution in [0.1, 0.15) is 37.7 Å². The molecule has 0 spiro atoms. The predicted octanol–water partition coefficient (Wildman–Crippen LogP) is 4.11. The van der Waals surface area contributed by atoms with E-state index in [4.69, 9.17) is 4.42 Å². The number of hydrogen-bond donors (Lipinski definition) is 1. The van der Waals surface area contributed by atoms with E-state index < -0.39 is 0 Å². The molecule has 0 aliphatic carbocycles. The second kappa shape index (κ2) is 7.32. The van der Waals surface area contributed by atoms with Gasteiger partial charge in [0.1, 0.15) is 5.76 Å². The summed E-state index contributed by atoms with van der Waals surface area (Å²) < 4.78 is 5.63. The van der Waals surface area contributed by atoms with Gasteiger partial charge in [0.15, 0.2) is 0 Å². The summed E-state index contributed by atoms with van der Waals surface area (Å²) in [4.78, 5) is 2.37. The summed E-state index contributed by atoms with van der Waals surface area (Å²) >= 11 is 0. The highest BCUT2D eigenvalue weighted by atomic mass is 16.3. The zero-order chi connectivity index (χ0) is 15.2. The molecule has 1 aromatic heterocycles. The quantitative estimate of drug-likeness (QED) is 0.830. The first kappa shape index (κ1) is 15.6. The van der Waals surface area contributed by atoms with Crippen LogP contribution < -0.4 is 10.2 Å². The molecule has 1 heterocycles. The number of anilines is 1. The third-order valence-electron chi connectivity index (χ3n) is 3.62. The van der Waals surface area contributed by atoms with E-state index in [0.717, 1.165) is 25.4 Å². The molecule has 0 aliphatic heterocycles. The second-order valence-corrected chi connectivity index (χ2v) is 5.76. The van der Waals surface area contributed by atoms with Crippen LogP contribution in [0.5, 0.6) is 0 Å². The average molecular weight is 286 g/mol. The van der Waals surface area contributed by atoms with Gasteiger partial charge in [0, 0.05) is 30.4 Å². The van der Waals surface area contributed by atoms with Gasteiger partial charge in [0.25, 0.3) is 0 Å². The summed E-state index contributed by atoms with van der Waals surface area (Å²) in [6, 6.07) is 11.2. The van der Waals surface area contributed by atoms with Crippen molar-refractivity contribution in [1.29, 1.82) is 0 Å². The van der Waals surface area contributed by atoms with Crippen molar-refractivity contribution in [1.82, 2.24) is 5.32 Å². The SMILES string of the molecule is CCN(Cc1ccoc1CNC(C)C)c1cccc(C)c1. The zero-order valence-corrected chi connectivity index (χ0v) is 13.5. The summed E-state index contributed by atoms with van der Waals surface area (Å²) in [5.41, 5.74) is 3.81. The van der Waals surface area contributed by atoms with Gasteiger partial charge >= 0.3 is 0 Å². The highest BCUT2D eigenvalue weighted by molar-refractivity contribution is 5.49. The Hall–Kier alpha value is -1.74. The lowest BCUT2D eigenvalue weighted by atomic mass is 10.1. The Labute approximate surface area is 128 Å². The smallest absolute Gasteiger partial charge is 0.122 e. The van der Waals surface area contributed by atoms with Crippen molar-refractivity contribution in [2.24, 2.45) is 0 Å². The molecule has 114 valence electrons. The van der Waals surface area contributed by atoms with E-state index >= 15 is 0 Å². The molecule has 0 fully saturated rings. The molecule has 3 heteroatoms. The Balaban J connectivity index is 2.10. The third-order valence-corrected chi connectivity index (χ3v) is 3.62. The average Bonchev–Trinajstić information content (AvgIpc) is 2.89. The maximum absolute atomic E-state index is 5.63. The minimum atomic E-state index is 0.460. The van der Waals surface area contributed by atoms with Crippen LogP contribution in [0.3, 0.4) is 0 Å². The number of hydrogen-bond acceptors (Lipinski definition) is 3. The van der Waals surface area contributed by atoms with Crippen LogP contribution in [0, 0.1) is 6.92 Å².